The lowest BCUT2D eigenvalue weighted by Gasteiger charge is -2.05. The number of aromatic amines is 2. The minimum absolute atomic E-state index is 0.223. The van der Waals surface area contributed by atoms with Gasteiger partial charge < -0.3 is 10.1 Å². The lowest BCUT2D eigenvalue weighted by atomic mass is 10.1. The first-order valence-corrected chi connectivity index (χ1v) is 7.14. The molecule has 0 aliphatic heterocycles. The molecule has 0 spiro atoms. The summed E-state index contributed by atoms with van der Waals surface area (Å²) in [5.41, 5.74) is 3.05. The van der Waals surface area contributed by atoms with Crippen LogP contribution in [0.4, 0.5) is 4.39 Å². The first kappa shape index (κ1) is 14.5. The van der Waals surface area contributed by atoms with Crippen molar-refractivity contribution in [2.45, 2.75) is 25.4 Å². The zero-order valence-electron chi connectivity index (χ0n) is 12.0. The van der Waals surface area contributed by atoms with Crippen molar-refractivity contribution in [1.29, 1.82) is 0 Å². The van der Waals surface area contributed by atoms with Crippen LogP contribution in [-0.4, -0.2) is 25.3 Å². The number of hydrogen-bond acceptors (Lipinski definition) is 3. The van der Waals surface area contributed by atoms with Crippen LogP contribution in [0.3, 0.4) is 0 Å². The molecule has 3 aromatic rings. The highest BCUT2D eigenvalue weighted by molar-refractivity contribution is 5.25. The maximum absolute atomic E-state index is 13.2. The minimum atomic E-state index is -0.649. The number of halogens is 1. The molecule has 114 valence electrons. The second-order valence-electron chi connectivity index (χ2n) is 5.27. The van der Waals surface area contributed by atoms with Gasteiger partial charge in [-0.2, -0.15) is 5.10 Å². The number of nitrogens with one attached hydrogen (secondary N) is 2. The molecular weight excluding hydrogens is 283 g/mol. The summed E-state index contributed by atoms with van der Waals surface area (Å²) in [6.07, 6.45) is 4.59. The maximum atomic E-state index is 13.2. The van der Waals surface area contributed by atoms with Crippen LogP contribution in [0.25, 0.3) is 0 Å². The zero-order valence-corrected chi connectivity index (χ0v) is 12.0. The van der Waals surface area contributed by atoms with Crippen LogP contribution in [0, 0.1) is 5.82 Å². The van der Waals surface area contributed by atoms with Crippen LogP contribution in [-0.2, 0) is 12.8 Å². The van der Waals surface area contributed by atoms with Crippen LogP contribution in [0.1, 0.15) is 35.2 Å². The number of aryl methyl sites for hydroxylation is 1. The van der Waals surface area contributed by atoms with Crippen LogP contribution in [0.5, 0.6) is 0 Å². The molecule has 3 rings (SSSR count). The fourth-order valence-corrected chi connectivity index (χ4v) is 2.42. The van der Waals surface area contributed by atoms with Gasteiger partial charge in [0.2, 0.25) is 0 Å². The van der Waals surface area contributed by atoms with Gasteiger partial charge >= 0.3 is 0 Å². The summed E-state index contributed by atoms with van der Waals surface area (Å²) in [4.78, 5) is 7.13. The summed E-state index contributed by atoms with van der Waals surface area (Å²) in [5, 5.41) is 16.3. The molecule has 2 aromatic heterocycles. The van der Waals surface area contributed by atoms with Crippen molar-refractivity contribution in [3.05, 3.63) is 71.3 Å². The molecule has 0 bridgehead atoms. The van der Waals surface area contributed by atoms with Crippen LogP contribution < -0.4 is 0 Å². The van der Waals surface area contributed by atoms with E-state index in [4.69, 9.17) is 0 Å². The van der Waals surface area contributed by atoms with E-state index in [-0.39, 0.29) is 5.82 Å². The second-order valence-corrected chi connectivity index (χ2v) is 5.27. The highest BCUT2D eigenvalue weighted by atomic mass is 19.1. The second kappa shape index (κ2) is 6.53. The summed E-state index contributed by atoms with van der Waals surface area (Å²) >= 11 is 0. The van der Waals surface area contributed by atoms with E-state index in [1.807, 2.05) is 18.3 Å². The summed E-state index contributed by atoms with van der Waals surface area (Å²) in [6, 6.07) is 8.63. The molecule has 2 heterocycles. The number of rotatable bonds is 6. The number of aromatic nitrogens is 4. The Balaban J connectivity index is 1.57. The monoisotopic (exact) mass is 300 g/mol. The van der Waals surface area contributed by atoms with Gasteiger partial charge in [-0.1, -0.05) is 12.1 Å². The van der Waals surface area contributed by atoms with E-state index < -0.39 is 6.10 Å². The van der Waals surface area contributed by atoms with Crippen molar-refractivity contribution in [3.8, 4) is 0 Å². The quantitative estimate of drug-likeness (QED) is 0.654. The number of nitrogens with zero attached hydrogens (tertiary/aromatic N) is 2. The molecule has 0 amide bonds. The fourth-order valence-electron chi connectivity index (χ4n) is 2.42. The summed E-state index contributed by atoms with van der Waals surface area (Å²) in [5.74, 6) is 0.259. The van der Waals surface area contributed by atoms with E-state index in [2.05, 4.69) is 20.2 Å². The number of H-pyrrole nitrogens is 2. The number of aliphatic hydroxyl groups is 1. The molecule has 6 heteroatoms. The maximum Gasteiger partial charge on any atom is 0.153 e. The molecule has 3 N–H and O–H groups in total. The fraction of sp³-hybridized carbons (Fsp3) is 0.250. The Morgan fingerprint density at radius 3 is 2.91 bits per heavy atom. The van der Waals surface area contributed by atoms with Gasteiger partial charge in [0, 0.05) is 18.3 Å². The molecule has 0 aliphatic carbocycles. The minimum Gasteiger partial charge on any atom is -0.385 e. The molecule has 0 radical (unpaired) electrons. The molecule has 5 nitrogen and oxygen atoms in total. The normalized spacial score (nSPS) is 12.5. The van der Waals surface area contributed by atoms with Gasteiger partial charge in [-0.25, -0.2) is 9.37 Å². The molecule has 0 fully saturated rings. The highest BCUT2D eigenvalue weighted by Crippen LogP contribution is 2.17. The Morgan fingerprint density at radius 1 is 1.23 bits per heavy atom. The molecule has 1 aromatic carbocycles. The van der Waals surface area contributed by atoms with Crippen molar-refractivity contribution in [2.24, 2.45) is 0 Å². The van der Waals surface area contributed by atoms with E-state index in [0.717, 1.165) is 23.2 Å². The van der Waals surface area contributed by atoms with Crippen molar-refractivity contribution in [2.75, 3.05) is 0 Å². The summed E-state index contributed by atoms with van der Waals surface area (Å²) in [6.45, 7) is 0. The van der Waals surface area contributed by atoms with Crippen LogP contribution in [0.15, 0.2) is 42.9 Å². The Kier molecular flexibility index (Phi) is 4.29. The topological polar surface area (TPSA) is 77.6 Å². The Morgan fingerprint density at radius 2 is 2.14 bits per heavy atom. The predicted molar refractivity (Wildman–Crippen MR) is 79.7 cm³/mol. The molecule has 0 saturated heterocycles. The average molecular weight is 300 g/mol. The van der Waals surface area contributed by atoms with E-state index in [9.17, 15) is 9.50 Å². The lowest BCUT2D eigenvalue weighted by Crippen LogP contribution is -2.01. The summed E-state index contributed by atoms with van der Waals surface area (Å²) in [7, 11) is 0. The third-order valence-electron chi connectivity index (χ3n) is 3.54. The van der Waals surface area contributed by atoms with Gasteiger partial charge in [-0.05, 0) is 42.2 Å². The van der Waals surface area contributed by atoms with Gasteiger partial charge in [-0.15, -0.1) is 0 Å². The Hall–Kier alpha value is -2.47. The van der Waals surface area contributed by atoms with E-state index in [0.29, 0.717) is 18.7 Å². The first-order chi connectivity index (χ1) is 10.7. The molecule has 1 unspecified atom stereocenters. The van der Waals surface area contributed by atoms with Gasteiger partial charge in [-0.3, -0.25) is 5.10 Å². The first-order valence-electron chi connectivity index (χ1n) is 7.14. The Bertz CT molecular complexity index is 723. The van der Waals surface area contributed by atoms with Crippen molar-refractivity contribution >= 4 is 0 Å². The van der Waals surface area contributed by atoms with Gasteiger partial charge in [0.15, 0.2) is 5.82 Å². The van der Waals surface area contributed by atoms with Gasteiger partial charge in [0.05, 0.1) is 0 Å². The van der Waals surface area contributed by atoms with E-state index in [1.165, 1.54) is 18.5 Å². The smallest absolute Gasteiger partial charge is 0.153 e. The Labute approximate surface area is 127 Å². The lowest BCUT2D eigenvalue weighted by molar-refractivity contribution is 0.158. The SMILES string of the molecule is OC(CCc1c[nH]c(Cc2cccc(F)c2)c1)c1ncn[nH]1. The standard InChI is InChI=1S/C16H17FN4O/c17-13-3-1-2-11(6-13)7-14-8-12(9-18-14)4-5-15(22)16-19-10-20-21-16/h1-3,6,8-10,15,18,22H,4-5,7H2,(H,19,20,21). The zero-order chi connectivity index (χ0) is 15.4. The molecule has 0 aliphatic rings. The van der Waals surface area contributed by atoms with Crippen molar-refractivity contribution in [3.63, 3.8) is 0 Å². The third-order valence-corrected chi connectivity index (χ3v) is 3.54. The molecule has 22 heavy (non-hydrogen) atoms. The largest absolute Gasteiger partial charge is 0.385 e. The molecule has 0 saturated carbocycles. The number of aliphatic hydroxyl groups excluding tert-OH is 1. The average Bonchev–Trinajstić information content (AvgIpc) is 3.16. The van der Waals surface area contributed by atoms with Crippen LogP contribution in [0.2, 0.25) is 0 Å². The highest BCUT2D eigenvalue weighted by Gasteiger charge is 2.11. The number of hydrogen-bond donors (Lipinski definition) is 3. The summed E-state index contributed by atoms with van der Waals surface area (Å²) < 4.78 is 13.2. The molecule has 1 atom stereocenters. The van der Waals surface area contributed by atoms with Gasteiger partial charge in [0.25, 0.3) is 0 Å². The van der Waals surface area contributed by atoms with Crippen LogP contribution >= 0.6 is 0 Å². The van der Waals surface area contributed by atoms with Crippen molar-refractivity contribution < 1.29 is 9.50 Å². The van der Waals surface area contributed by atoms with E-state index in [1.54, 1.807) is 6.07 Å². The number of benzene rings is 1. The van der Waals surface area contributed by atoms with Crippen molar-refractivity contribution in [1.82, 2.24) is 20.2 Å². The van der Waals surface area contributed by atoms with E-state index >= 15 is 0 Å². The van der Waals surface area contributed by atoms with Gasteiger partial charge in [0.1, 0.15) is 18.2 Å². The predicted octanol–water partition coefficient (Wildman–Crippen LogP) is 2.53. The third kappa shape index (κ3) is 3.59. The molecular formula is C16H17FN4O.